The van der Waals surface area contributed by atoms with Crippen LogP contribution in [0.4, 0.5) is 4.39 Å². The van der Waals surface area contributed by atoms with Gasteiger partial charge < -0.3 is 15.4 Å². The summed E-state index contributed by atoms with van der Waals surface area (Å²) in [6, 6.07) is 4.55. The zero-order chi connectivity index (χ0) is 20.6. The van der Waals surface area contributed by atoms with Crippen molar-refractivity contribution in [2.24, 2.45) is 10.9 Å². The number of hydrogen-bond donors (Lipinski definition) is 3. The minimum Gasteiger partial charge on any atom is -0.494 e. The van der Waals surface area contributed by atoms with Crippen LogP contribution in [0.2, 0.25) is 0 Å². The fourth-order valence-corrected chi connectivity index (χ4v) is 3.82. The summed E-state index contributed by atoms with van der Waals surface area (Å²) < 4.78 is 45.7. The standard InChI is InChI=1S/C19H31FN4O3S.HI/c1-4-21-19(22-10-11-28(25,26)23-13-15-6-5-7-15)24-14(2)16-8-9-18(27-3)17(20)12-16;/h8-9,12,14-15,23H,4-7,10-11,13H2,1-3H3,(H2,21,22,24);1H. The molecule has 0 heterocycles. The number of ether oxygens (including phenoxy) is 1. The number of methoxy groups -OCH3 is 1. The van der Waals surface area contributed by atoms with Gasteiger partial charge >= 0.3 is 0 Å². The summed E-state index contributed by atoms with van der Waals surface area (Å²) in [6.07, 6.45) is 3.38. The van der Waals surface area contributed by atoms with Gasteiger partial charge in [0.25, 0.3) is 0 Å². The summed E-state index contributed by atoms with van der Waals surface area (Å²) in [5.41, 5.74) is 0.735. The number of hydrogen-bond acceptors (Lipinski definition) is 4. The molecular weight excluding hydrogens is 510 g/mol. The van der Waals surface area contributed by atoms with Crippen LogP contribution >= 0.6 is 24.0 Å². The van der Waals surface area contributed by atoms with Gasteiger partial charge in [0.15, 0.2) is 17.5 Å². The second kappa shape index (κ2) is 12.5. The molecule has 2 rings (SSSR count). The molecule has 0 saturated heterocycles. The first-order valence-electron chi connectivity index (χ1n) is 9.70. The maximum Gasteiger partial charge on any atom is 0.213 e. The quantitative estimate of drug-likeness (QED) is 0.240. The fourth-order valence-electron chi connectivity index (χ4n) is 2.85. The van der Waals surface area contributed by atoms with Crippen LogP contribution in [0.25, 0.3) is 0 Å². The molecule has 0 aliphatic heterocycles. The molecule has 0 radical (unpaired) electrons. The van der Waals surface area contributed by atoms with Crippen LogP contribution in [0.1, 0.15) is 44.7 Å². The third-order valence-electron chi connectivity index (χ3n) is 4.82. The molecule has 1 unspecified atom stereocenters. The molecule has 7 nitrogen and oxygen atoms in total. The van der Waals surface area contributed by atoms with Crippen molar-refractivity contribution in [2.75, 3.05) is 32.5 Å². The number of nitrogens with one attached hydrogen (secondary N) is 3. The Labute approximate surface area is 190 Å². The van der Waals surface area contributed by atoms with E-state index in [1.807, 2.05) is 13.8 Å². The Hall–Kier alpha value is -1.14. The predicted molar refractivity (Wildman–Crippen MR) is 125 cm³/mol. The molecule has 29 heavy (non-hydrogen) atoms. The maximum atomic E-state index is 13.9. The first kappa shape index (κ1) is 25.9. The lowest BCUT2D eigenvalue weighted by Gasteiger charge is -2.25. The maximum absolute atomic E-state index is 13.9. The van der Waals surface area contributed by atoms with Crippen LogP contribution in [0, 0.1) is 11.7 Å². The van der Waals surface area contributed by atoms with Crippen LogP contribution < -0.4 is 20.1 Å². The van der Waals surface area contributed by atoms with Crippen molar-refractivity contribution in [3.05, 3.63) is 29.6 Å². The molecule has 3 N–H and O–H groups in total. The van der Waals surface area contributed by atoms with Gasteiger partial charge in [-0.05, 0) is 50.3 Å². The van der Waals surface area contributed by atoms with Gasteiger partial charge in [-0.1, -0.05) is 12.5 Å². The summed E-state index contributed by atoms with van der Waals surface area (Å²) in [5, 5.41) is 6.25. The zero-order valence-electron chi connectivity index (χ0n) is 17.2. The van der Waals surface area contributed by atoms with E-state index in [4.69, 9.17) is 4.74 Å². The predicted octanol–water partition coefficient (Wildman–Crippen LogP) is 2.79. The number of guanidine groups is 1. The van der Waals surface area contributed by atoms with E-state index in [-0.39, 0.29) is 48.1 Å². The summed E-state index contributed by atoms with van der Waals surface area (Å²) in [7, 11) is -1.91. The van der Waals surface area contributed by atoms with Crippen molar-refractivity contribution in [1.82, 2.24) is 15.4 Å². The van der Waals surface area contributed by atoms with Gasteiger partial charge in [-0.25, -0.2) is 17.5 Å². The summed E-state index contributed by atoms with van der Waals surface area (Å²) in [5.74, 6) is 0.653. The van der Waals surface area contributed by atoms with Crippen molar-refractivity contribution in [2.45, 2.75) is 39.2 Å². The lowest BCUT2D eigenvalue weighted by Crippen LogP contribution is -2.39. The van der Waals surface area contributed by atoms with Gasteiger partial charge in [-0.3, -0.25) is 4.99 Å². The molecule has 1 fully saturated rings. The van der Waals surface area contributed by atoms with E-state index < -0.39 is 15.8 Å². The highest BCUT2D eigenvalue weighted by atomic mass is 127. The second-order valence-electron chi connectivity index (χ2n) is 6.98. The molecule has 1 aromatic rings. The SMILES string of the molecule is CCNC(=NCCS(=O)(=O)NCC1CCC1)NC(C)c1ccc(OC)c(F)c1.I. The Morgan fingerprint density at radius 1 is 1.38 bits per heavy atom. The van der Waals surface area contributed by atoms with E-state index in [9.17, 15) is 12.8 Å². The van der Waals surface area contributed by atoms with Gasteiger partial charge in [0.05, 0.1) is 25.4 Å². The molecule has 1 aliphatic rings. The van der Waals surface area contributed by atoms with Crippen molar-refractivity contribution in [3.63, 3.8) is 0 Å². The monoisotopic (exact) mass is 542 g/mol. The van der Waals surface area contributed by atoms with E-state index in [2.05, 4.69) is 20.3 Å². The Balaban J connectivity index is 0.00000420. The lowest BCUT2D eigenvalue weighted by atomic mass is 9.86. The highest BCUT2D eigenvalue weighted by Crippen LogP contribution is 2.25. The van der Waals surface area contributed by atoms with E-state index in [0.29, 0.717) is 25.0 Å². The smallest absolute Gasteiger partial charge is 0.213 e. The average molecular weight is 542 g/mol. The first-order chi connectivity index (χ1) is 13.3. The molecule has 0 amide bonds. The number of halogens is 2. The van der Waals surface area contributed by atoms with Gasteiger partial charge in [-0.15, -0.1) is 24.0 Å². The van der Waals surface area contributed by atoms with Crippen LogP contribution in [0.3, 0.4) is 0 Å². The molecule has 0 bridgehead atoms. The molecule has 1 saturated carbocycles. The van der Waals surface area contributed by atoms with Gasteiger partial charge in [-0.2, -0.15) is 0 Å². The highest BCUT2D eigenvalue weighted by molar-refractivity contribution is 14.0. The number of rotatable bonds is 10. The van der Waals surface area contributed by atoms with Gasteiger partial charge in [0, 0.05) is 13.1 Å². The number of benzene rings is 1. The first-order valence-corrected chi connectivity index (χ1v) is 11.4. The Kier molecular flexibility index (Phi) is 11.2. The Bertz CT molecular complexity index is 773. The zero-order valence-corrected chi connectivity index (χ0v) is 20.3. The third-order valence-corrected chi connectivity index (χ3v) is 6.15. The lowest BCUT2D eigenvalue weighted by molar-refractivity contribution is 0.316. The molecule has 1 aliphatic carbocycles. The number of nitrogens with zero attached hydrogens (tertiary/aromatic N) is 1. The largest absolute Gasteiger partial charge is 0.494 e. The van der Waals surface area contributed by atoms with Crippen molar-refractivity contribution in [3.8, 4) is 5.75 Å². The molecule has 166 valence electrons. The van der Waals surface area contributed by atoms with E-state index in [1.54, 1.807) is 12.1 Å². The van der Waals surface area contributed by atoms with Crippen LogP contribution in [0.5, 0.6) is 5.75 Å². The number of aliphatic imine (C=N–C) groups is 1. The average Bonchev–Trinajstić information content (AvgIpc) is 2.60. The van der Waals surface area contributed by atoms with Crippen molar-refractivity contribution >= 4 is 40.0 Å². The van der Waals surface area contributed by atoms with Crippen molar-refractivity contribution in [1.29, 1.82) is 0 Å². The van der Waals surface area contributed by atoms with E-state index >= 15 is 0 Å². The fraction of sp³-hybridized carbons (Fsp3) is 0.632. The van der Waals surface area contributed by atoms with Crippen LogP contribution in [-0.4, -0.2) is 46.9 Å². The molecule has 10 heteroatoms. The molecule has 1 aromatic carbocycles. The summed E-state index contributed by atoms with van der Waals surface area (Å²) in [4.78, 5) is 4.34. The topological polar surface area (TPSA) is 91.8 Å². The van der Waals surface area contributed by atoms with E-state index in [0.717, 1.165) is 18.4 Å². The van der Waals surface area contributed by atoms with Crippen LogP contribution in [-0.2, 0) is 10.0 Å². The molecule has 0 aromatic heterocycles. The number of sulfonamides is 1. The van der Waals surface area contributed by atoms with Crippen LogP contribution in [0.15, 0.2) is 23.2 Å². The summed E-state index contributed by atoms with van der Waals surface area (Å²) in [6.45, 7) is 5.09. The van der Waals surface area contributed by atoms with Crippen molar-refractivity contribution < 1.29 is 17.5 Å². The van der Waals surface area contributed by atoms with Gasteiger partial charge in [0.2, 0.25) is 10.0 Å². The molecule has 1 atom stereocenters. The van der Waals surface area contributed by atoms with Gasteiger partial charge in [0.1, 0.15) is 0 Å². The Morgan fingerprint density at radius 3 is 2.66 bits per heavy atom. The second-order valence-corrected chi connectivity index (χ2v) is 8.91. The molecule has 0 spiro atoms. The minimum atomic E-state index is -3.33. The Morgan fingerprint density at radius 2 is 2.10 bits per heavy atom. The third kappa shape index (κ3) is 8.63. The normalized spacial score (nSPS) is 15.8. The summed E-state index contributed by atoms with van der Waals surface area (Å²) >= 11 is 0. The minimum absolute atomic E-state index is 0. The highest BCUT2D eigenvalue weighted by Gasteiger charge is 2.20. The van der Waals surface area contributed by atoms with E-state index in [1.165, 1.54) is 19.6 Å². The molecular formula is C19H32FIN4O3S.